The number of hydrogen-bond acceptors (Lipinski definition) is 3. The summed E-state index contributed by atoms with van der Waals surface area (Å²) in [5.41, 5.74) is 0.946. The predicted molar refractivity (Wildman–Crippen MR) is 86.7 cm³/mol. The van der Waals surface area contributed by atoms with Crippen LogP contribution in [0, 0.1) is 5.82 Å². The molecule has 3 aromatic rings. The average molecular weight is 339 g/mol. The lowest BCUT2D eigenvalue weighted by atomic mass is 10.2. The minimum absolute atomic E-state index is 0.133. The first-order chi connectivity index (χ1) is 10.1. The maximum atomic E-state index is 14.0. The van der Waals surface area contributed by atoms with Gasteiger partial charge in [-0.15, -0.1) is 11.8 Å². The van der Waals surface area contributed by atoms with Crippen molar-refractivity contribution in [1.82, 2.24) is 9.97 Å². The van der Waals surface area contributed by atoms with E-state index in [-0.39, 0.29) is 10.7 Å². The molecule has 2 aromatic carbocycles. The minimum Gasteiger partial charge on any atom is -0.225 e. The summed E-state index contributed by atoms with van der Waals surface area (Å²) in [4.78, 5) is 9.57. The highest BCUT2D eigenvalue weighted by molar-refractivity contribution is 7.98. The normalized spacial score (nSPS) is 11.0. The van der Waals surface area contributed by atoms with Crippen molar-refractivity contribution in [1.29, 1.82) is 0 Å². The molecule has 1 heterocycles. The SMILES string of the molecule is CSc1ccccc1-c1nc(Cl)c2c(Cl)ccc(F)c2n1. The Morgan fingerprint density at radius 3 is 2.57 bits per heavy atom. The number of hydrogen-bond donors (Lipinski definition) is 0. The second kappa shape index (κ2) is 5.79. The molecule has 0 unspecified atom stereocenters. The Hall–Kier alpha value is -1.36. The molecule has 0 aliphatic carbocycles. The summed E-state index contributed by atoms with van der Waals surface area (Å²) >= 11 is 13.8. The molecule has 2 nitrogen and oxygen atoms in total. The lowest BCUT2D eigenvalue weighted by Gasteiger charge is -2.09. The van der Waals surface area contributed by atoms with Crippen molar-refractivity contribution in [3.8, 4) is 11.4 Å². The summed E-state index contributed by atoms with van der Waals surface area (Å²) in [7, 11) is 0. The van der Waals surface area contributed by atoms with E-state index in [0.717, 1.165) is 10.5 Å². The van der Waals surface area contributed by atoms with Gasteiger partial charge in [0.05, 0.1) is 10.4 Å². The van der Waals surface area contributed by atoms with Gasteiger partial charge >= 0.3 is 0 Å². The Morgan fingerprint density at radius 1 is 1.05 bits per heavy atom. The molecule has 0 saturated carbocycles. The molecule has 3 rings (SSSR count). The van der Waals surface area contributed by atoms with Crippen LogP contribution in [0.15, 0.2) is 41.3 Å². The third kappa shape index (κ3) is 2.59. The van der Waals surface area contributed by atoms with E-state index >= 15 is 0 Å². The molecule has 0 bridgehead atoms. The van der Waals surface area contributed by atoms with Crippen LogP contribution in [-0.2, 0) is 0 Å². The number of fused-ring (bicyclic) bond motifs is 1. The summed E-state index contributed by atoms with van der Waals surface area (Å²) < 4.78 is 14.0. The van der Waals surface area contributed by atoms with E-state index in [2.05, 4.69) is 9.97 Å². The first kappa shape index (κ1) is 14.6. The van der Waals surface area contributed by atoms with Crippen molar-refractivity contribution >= 4 is 45.9 Å². The van der Waals surface area contributed by atoms with Crippen LogP contribution in [0.4, 0.5) is 4.39 Å². The van der Waals surface area contributed by atoms with Gasteiger partial charge in [-0.05, 0) is 24.5 Å². The Morgan fingerprint density at radius 2 is 1.81 bits per heavy atom. The van der Waals surface area contributed by atoms with Crippen molar-refractivity contribution in [2.24, 2.45) is 0 Å². The van der Waals surface area contributed by atoms with Crippen LogP contribution in [0.1, 0.15) is 0 Å². The highest BCUT2D eigenvalue weighted by Crippen LogP contribution is 2.34. The van der Waals surface area contributed by atoms with E-state index in [1.807, 2.05) is 30.5 Å². The molecule has 6 heteroatoms. The second-order valence-corrected chi connectivity index (χ2v) is 5.90. The van der Waals surface area contributed by atoms with Gasteiger partial charge in [0.15, 0.2) is 5.82 Å². The number of thioether (sulfide) groups is 1. The van der Waals surface area contributed by atoms with Gasteiger partial charge in [-0.1, -0.05) is 41.4 Å². The van der Waals surface area contributed by atoms with Crippen LogP contribution >= 0.6 is 35.0 Å². The summed E-state index contributed by atoms with van der Waals surface area (Å²) in [6.07, 6.45) is 1.96. The molecule has 0 aliphatic heterocycles. The molecule has 106 valence electrons. The molecule has 0 amide bonds. The van der Waals surface area contributed by atoms with Gasteiger partial charge in [-0.2, -0.15) is 0 Å². The van der Waals surface area contributed by atoms with E-state index < -0.39 is 5.82 Å². The maximum absolute atomic E-state index is 14.0. The van der Waals surface area contributed by atoms with Crippen molar-refractivity contribution in [3.63, 3.8) is 0 Å². The summed E-state index contributed by atoms with van der Waals surface area (Å²) in [6, 6.07) is 10.4. The van der Waals surface area contributed by atoms with Crippen molar-refractivity contribution in [2.45, 2.75) is 4.90 Å². The van der Waals surface area contributed by atoms with E-state index in [1.54, 1.807) is 11.8 Å². The largest absolute Gasteiger partial charge is 0.225 e. The molecule has 0 saturated heterocycles. The summed E-state index contributed by atoms with van der Waals surface area (Å²) in [6.45, 7) is 0. The van der Waals surface area contributed by atoms with Crippen LogP contribution < -0.4 is 0 Å². The van der Waals surface area contributed by atoms with E-state index in [4.69, 9.17) is 23.2 Å². The van der Waals surface area contributed by atoms with Crippen LogP contribution in [0.25, 0.3) is 22.3 Å². The maximum Gasteiger partial charge on any atom is 0.162 e. The highest BCUT2D eigenvalue weighted by Gasteiger charge is 2.15. The fourth-order valence-corrected chi connectivity index (χ4v) is 3.23. The van der Waals surface area contributed by atoms with Crippen molar-refractivity contribution in [2.75, 3.05) is 6.26 Å². The van der Waals surface area contributed by atoms with Crippen LogP contribution in [0.3, 0.4) is 0 Å². The highest BCUT2D eigenvalue weighted by atomic mass is 35.5. The number of nitrogens with zero attached hydrogens (tertiary/aromatic N) is 2. The third-order valence-electron chi connectivity index (χ3n) is 3.05. The molecule has 0 atom stereocenters. The van der Waals surface area contributed by atoms with E-state index in [0.29, 0.717) is 16.2 Å². The van der Waals surface area contributed by atoms with E-state index in [1.165, 1.54) is 12.1 Å². The van der Waals surface area contributed by atoms with Crippen molar-refractivity contribution < 1.29 is 4.39 Å². The Bertz CT molecular complexity index is 839. The molecular weight excluding hydrogens is 330 g/mol. The average Bonchev–Trinajstić information content (AvgIpc) is 2.50. The van der Waals surface area contributed by atoms with Gasteiger partial charge < -0.3 is 0 Å². The first-order valence-electron chi connectivity index (χ1n) is 6.06. The van der Waals surface area contributed by atoms with Gasteiger partial charge in [0.1, 0.15) is 16.5 Å². The van der Waals surface area contributed by atoms with Crippen LogP contribution in [0.5, 0.6) is 0 Å². The lowest BCUT2D eigenvalue weighted by Crippen LogP contribution is -1.95. The second-order valence-electron chi connectivity index (χ2n) is 4.29. The monoisotopic (exact) mass is 338 g/mol. The fourth-order valence-electron chi connectivity index (χ4n) is 2.08. The Labute approximate surface area is 135 Å². The molecule has 1 aromatic heterocycles. The molecule has 0 N–H and O–H groups in total. The zero-order valence-electron chi connectivity index (χ0n) is 10.9. The Balaban J connectivity index is 2.33. The van der Waals surface area contributed by atoms with Gasteiger partial charge in [0, 0.05) is 10.5 Å². The topological polar surface area (TPSA) is 25.8 Å². The zero-order valence-corrected chi connectivity index (χ0v) is 13.2. The van der Waals surface area contributed by atoms with Crippen molar-refractivity contribution in [3.05, 3.63) is 52.4 Å². The van der Waals surface area contributed by atoms with Crippen LogP contribution in [-0.4, -0.2) is 16.2 Å². The number of rotatable bonds is 2. The smallest absolute Gasteiger partial charge is 0.162 e. The van der Waals surface area contributed by atoms with Gasteiger partial charge in [-0.25, -0.2) is 14.4 Å². The standard InChI is InChI=1S/C15H9Cl2FN2S/c1-21-11-5-3-2-4-8(11)15-19-13-10(18)7-6-9(16)12(13)14(17)20-15/h2-7H,1H3. The number of halogens is 3. The quantitative estimate of drug-likeness (QED) is 0.458. The first-order valence-corrected chi connectivity index (χ1v) is 8.04. The number of aromatic nitrogens is 2. The third-order valence-corrected chi connectivity index (χ3v) is 4.44. The van der Waals surface area contributed by atoms with E-state index in [9.17, 15) is 4.39 Å². The summed E-state index contributed by atoms with van der Waals surface area (Å²) in [5, 5.41) is 0.820. The predicted octanol–water partition coefficient (Wildman–Crippen LogP) is 5.46. The minimum atomic E-state index is -0.471. The van der Waals surface area contributed by atoms with Gasteiger partial charge in [-0.3, -0.25) is 0 Å². The molecule has 0 radical (unpaired) electrons. The lowest BCUT2D eigenvalue weighted by molar-refractivity contribution is 0.636. The molecule has 0 aliphatic rings. The summed E-state index contributed by atoms with van der Waals surface area (Å²) in [5.74, 6) is -0.0831. The molecule has 21 heavy (non-hydrogen) atoms. The van der Waals surface area contributed by atoms with Crippen LogP contribution in [0.2, 0.25) is 10.2 Å². The molecule has 0 fully saturated rings. The molecular formula is C15H9Cl2FN2S. The number of benzene rings is 2. The Kier molecular flexibility index (Phi) is 4.02. The van der Waals surface area contributed by atoms with Gasteiger partial charge in [0.2, 0.25) is 0 Å². The fraction of sp³-hybridized carbons (Fsp3) is 0.0667. The van der Waals surface area contributed by atoms with Gasteiger partial charge in [0.25, 0.3) is 0 Å². The zero-order chi connectivity index (χ0) is 15.0. The molecule has 0 spiro atoms.